The summed E-state index contributed by atoms with van der Waals surface area (Å²) in [7, 11) is 0. The van der Waals surface area contributed by atoms with Gasteiger partial charge in [0, 0.05) is 43.3 Å². The molecule has 23 heavy (non-hydrogen) atoms. The van der Waals surface area contributed by atoms with Crippen molar-refractivity contribution in [3.63, 3.8) is 0 Å². The van der Waals surface area contributed by atoms with Crippen LogP contribution in [0, 0.1) is 0 Å². The molecule has 1 saturated heterocycles. The number of carbonyl (C=O) groups is 3. The molecule has 2 rings (SSSR count). The van der Waals surface area contributed by atoms with Gasteiger partial charge >= 0.3 is 0 Å². The fourth-order valence-electron chi connectivity index (χ4n) is 2.41. The Kier molecular flexibility index (Phi) is 5.98. The number of amides is 2. The number of Topliss-reactive ketones (excluding diaryl/α,β-unsaturated/α-hetero) is 1. The van der Waals surface area contributed by atoms with Crippen LogP contribution in [-0.2, 0) is 14.4 Å². The van der Waals surface area contributed by atoms with Crippen molar-refractivity contribution in [3.8, 4) is 0 Å². The number of nitrogens with one attached hydrogen (secondary N) is 1. The van der Waals surface area contributed by atoms with E-state index in [0.717, 1.165) is 5.69 Å². The highest BCUT2D eigenvalue weighted by Gasteiger charge is 2.22. The third-order valence-corrected chi connectivity index (χ3v) is 4.02. The highest BCUT2D eigenvalue weighted by Crippen LogP contribution is 2.20. The number of nitrogens with zero attached hydrogens (tertiary/aromatic N) is 2. The maximum atomic E-state index is 12.1. The molecule has 0 spiro atoms. The molecule has 0 atom stereocenters. The van der Waals surface area contributed by atoms with Crippen LogP contribution in [0.5, 0.6) is 0 Å². The second kappa shape index (κ2) is 7.97. The van der Waals surface area contributed by atoms with Crippen LogP contribution in [0.4, 0.5) is 5.69 Å². The van der Waals surface area contributed by atoms with Gasteiger partial charge in [0.2, 0.25) is 11.7 Å². The maximum Gasteiger partial charge on any atom is 0.287 e. The van der Waals surface area contributed by atoms with Gasteiger partial charge in [-0.15, -0.1) is 0 Å². The quantitative estimate of drug-likeness (QED) is 0.816. The van der Waals surface area contributed by atoms with E-state index in [4.69, 9.17) is 11.6 Å². The summed E-state index contributed by atoms with van der Waals surface area (Å²) in [5.74, 6) is -1.38. The van der Waals surface area contributed by atoms with Crippen LogP contribution < -0.4 is 10.2 Å². The summed E-state index contributed by atoms with van der Waals surface area (Å²) in [5, 5.41) is 3.05. The zero-order chi connectivity index (χ0) is 16.8. The molecular weight excluding hydrogens is 318 g/mol. The summed E-state index contributed by atoms with van der Waals surface area (Å²) >= 11 is 5.99. The summed E-state index contributed by atoms with van der Waals surface area (Å²) in [5.41, 5.74) is 1.03. The number of halogens is 1. The molecule has 6 nitrogen and oxygen atoms in total. The fourth-order valence-corrected chi connectivity index (χ4v) is 2.60. The summed E-state index contributed by atoms with van der Waals surface area (Å²) < 4.78 is 0. The Labute approximate surface area is 140 Å². The van der Waals surface area contributed by atoms with Crippen molar-refractivity contribution in [2.45, 2.75) is 13.3 Å². The molecule has 0 radical (unpaired) electrons. The highest BCUT2D eigenvalue weighted by atomic mass is 35.5. The van der Waals surface area contributed by atoms with Crippen LogP contribution in [-0.4, -0.2) is 55.2 Å². The molecule has 1 aromatic rings. The smallest absolute Gasteiger partial charge is 0.287 e. The van der Waals surface area contributed by atoms with Gasteiger partial charge in [-0.2, -0.15) is 0 Å². The van der Waals surface area contributed by atoms with Crippen molar-refractivity contribution in [2.24, 2.45) is 0 Å². The Bertz CT molecular complexity index is 598. The molecule has 2 amide bonds. The third-order valence-electron chi connectivity index (χ3n) is 3.78. The van der Waals surface area contributed by atoms with E-state index in [1.807, 2.05) is 24.3 Å². The number of hydrogen-bond donors (Lipinski definition) is 1. The first kappa shape index (κ1) is 17.3. The van der Waals surface area contributed by atoms with Crippen LogP contribution in [0.25, 0.3) is 0 Å². The van der Waals surface area contributed by atoms with Crippen molar-refractivity contribution in [1.29, 1.82) is 0 Å². The number of piperazine rings is 1. The van der Waals surface area contributed by atoms with Crippen LogP contribution in [0.3, 0.4) is 0 Å². The minimum atomic E-state index is -0.696. The third kappa shape index (κ3) is 4.69. The Hall–Kier alpha value is -2.08. The van der Waals surface area contributed by atoms with E-state index < -0.39 is 11.7 Å². The number of carbonyl (C=O) groups excluding carboxylic acids is 3. The van der Waals surface area contributed by atoms with E-state index in [9.17, 15) is 14.4 Å². The van der Waals surface area contributed by atoms with E-state index in [1.54, 1.807) is 11.8 Å². The Balaban J connectivity index is 1.81. The van der Waals surface area contributed by atoms with Crippen molar-refractivity contribution >= 4 is 34.9 Å². The normalized spacial score (nSPS) is 14.5. The van der Waals surface area contributed by atoms with Gasteiger partial charge in [0.25, 0.3) is 5.91 Å². The Morgan fingerprint density at radius 1 is 1.17 bits per heavy atom. The molecule has 0 aliphatic carbocycles. The monoisotopic (exact) mass is 337 g/mol. The largest absolute Gasteiger partial charge is 0.368 e. The van der Waals surface area contributed by atoms with Gasteiger partial charge in [-0.25, -0.2) is 0 Å². The standard InChI is InChI=1S/C16H20ClN3O3/c1-2-14(21)16(23)18-11-15(22)20-8-6-19(7-9-20)13-5-3-4-12(17)10-13/h3-5,10H,2,6-9,11H2,1H3,(H,18,23). The molecule has 1 aliphatic heterocycles. The average molecular weight is 338 g/mol. The number of ketones is 1. The lowest BCUT2D eigenvalue weighted by molar-refractivity contribution is -0.139. The number of anilines is 1. The molecule has 0 aromatic heterocycles. The zero-order valence-corrected chi connectivity index (χ0v) is 13.8. The second-order valence-electron chi connectivity index (χ2n) is 5.31. The summed E-state index contributed by atoms with van der Waals surface area (Å²) in [6.07, 6.45) is 0.137. The Morgan fingerprint density at radius 3 is 2.48 bits per heavy atom. The average Bonchev–Trinajstić information content (AvgIpc) is 2.58. The van der Waals surface area contributed by atoms with Crippen molar-refractivity contribution in [2.75, 3.05) is 37.6 Å². The number of hydrogen-bond acceptors (Lipinski definition) is 4. The van der Waals surface area contributed by atoms with Gasteiger partial charge < -0.3 is 15.1 Å². The molecular formula is C16H20ClN3O3. The lowest BCUT2D eigenvalue weighted by atomic mass is 10.2. The van der Waals surface area contributed by atoms with Gasteiger partial charge in [0.15, 0.2) is 0 Å². The molecule has 7 heteroatoms. The molecule has 0 unspecified atom stereocenters. The van der Waals surface area contributed by atoms with Gasteiger partial charge in [-0.3, -0.25) is 14.4 Å². The van der Waals surface area contributed by atoms with Crippen molar-refractivity contribution in [3.05, 3.63) is 29.3 Å². The minimum Gasteiger partial charge on any atom is -0.368 e. The van der Waals surface area contributed by atoms with Crippen LogP contribution in [0.2, 0.25) is 5.02 Å². The van der Waals surface area contributed by atoms with Gasteiger partial charge in [0.05, 0.1) is 6.54 Å². The fraction of sp³-hybridized carbons (Fsp3) is 0.438. The van der Waals surface area contributed by atoms with Crippen LogP contribution in [0.15, 0.2) is 24.3 Å². The van der Waals surface area contributed by atoms with E-state index >= 15 is 0 Å². The molecule has 0 bridgehead atoms. The predicted octanol–water partition coefficient (Wildman–Crippen LogP) is 1.08. The van der Waals surface area contributed by atoms with Crippen LogP contribution >= 0.6 is 11.6 Å². The van der Waals surface area contributed by atoms with E-state index in [1.165, 1.54) is 0 Å². The van der Waals surface area contributed by atoms with E-state index in [0.29, 0.717) is 31.2 Å². The Morgan fingerprint density at radius 2 is 1.87 bits per heavy atom. The minimum absolute atomic E-state index is 0.137. The topological polar surface area (TPSA) is 69.7 Å². The lowest BCUT2D eigenvalue weighted by Crippen LogP contribution is -2.51. The van der Waals surface area contributed by atoms with Gasteiger partial charge in [0.1, 0.15) is 0 Å². The molecule has 124 valence electrons. The number of benzene rings is 1. The summed E-state index contributed by atoms with van der Waals surface area (Å²) in [4.78, 5) is 38.5. The van der Waals surface area contributed by atoms with E-state index in [-0.39, 0.29) is 18.9 Å². The summed E-state index contributed by atoms with van der Waals surface area (Å²) in [6, 6.07) is 7.61. The van der Waals surface area contributed by atoms with Crippen molar-refractivity contribution < 1.29 is 14.4 Å². The molecule has 1 fully saturated rings. The predicted molar refractivity (Wildman–Crippen MR) is 88.6 cm³/mol. The van der Waals surface area contributed by atoms with Crippen LogP contribution in [0.1, 0.15) is 13.3 Å². The SMILES string of the molecule is CCC(=O)C(=O)NCC(=O)N1CCN(c2cccc(Cl)c2)CC1. The first-order valence-corrected chi connectivity index (χ1v) is 7.98. The highest BCUT2D eigenvalue weighted by molar-refractivity contribution is 6.36. The lowest BCUT2D eigenvalue weighted by Gasteiger charge is -2.36. The second-order valence-corrected chi connectivity index (χ2v) is 5.74. The molecule has 1 heterocycles. The molecule has 1 aromatic carbocycles. The molecule has 1 N–H and O–H groups in total. The van der Waals surface area contributed by atoms with Gasteiger partial charge in [-0.1, -0.05) is 24.6 Å². The first-order valence-electron chi connectivity index (χ1n) is 7.60. The molecule has 0 saturated carbocycles. The zero-order valence-electron chi connectivity index (χ0n) is 13.0. The summed E-state index contributed by atoms with van der Waals surface area (Å²) in [6.45, 7) is 4.02. The van der Waals surface area contributed by atoms with E-state index in [2.05, 4.69) is 10.2 Å². The maximum absolute atomic E-state index is 12.1. The first-order chi connectivity index (χ1) is 11.0. The number of rotatable bonds is 5. The van der Waals surface area contributed by atoms with Gasteiger partial charge in [-0.05, 0) is 18.2 Å². The molecule has 1 aliphatic rings. The van der Waals surface area contributed by atoms with Crippen molar-refractivity contribution in [1.82, 2.24) is 10.2 Å².